The van der Waals surface area contributed by atoms with E-state index in [1.54, 1.807) is 26.3 Å². The molecule has 0 aromatic heterocycles. The second-order valence-corrected chi connectivity index (χ2v) is 4.55. The Hall–Kier alpha value is -1.67. The van der Waals surface area contributed by atoms with Crippen molar-refractivity contribution >= 4 is 22.9 Å². The summed E-state index contributed by atoms with van der Waals surface area (Å²) in [5.41, 5.74) is 0.909. The lowest BCUT2D eigenvalue weighted by molar-refractivity contribution is 0.195. The zero-order chi connectivity index (χ0) is 16.4. The number of halogens is 1. The maximum Gasteiger partial charge on any atom is 0.200 e. The number of guanidine groups is 1. The second kappa shape index (κ2) is 11.8. The van der Waals surface area contributed by atoms with E-state index in [1.165, 1.54) is 14.2 Å². The van der Waals surface area contributed by atoms with Gasteiger partial charge in [-0.1, -0.05) is 0 Å². The van der Waals surface area contributed by atoms with Gasteiger partial charge in [-0.15, -0.1) is 17.0 Å². The van der Waals surface area contributed by atoms with Crippen molar-refractivity contribution in [3.63, 3.8) is 0 Å². The Morgan fingerprint density at radius 1 is 1.13 bits per heavy atom. The van der Waals surface area contributed by atoms with Crippen molar-refractivity contribution < 1.29 is 19.3 Å². The minimum atomic E-state index is -0.00387. The van der Waals surface area contributed by atoms with Crippen LogP contribution in [0.15, 0.2) is 17.1 Å². The molecule has 0 fully saturated rings. The molecule has 0 saturated carbocycles. The molecule has 0 heterocycles. The number of methoxy groups -OCH3 is 3. The predicted molar refractivity (Wildman–Crippen MR) is 96.2 cm³/mol. The highest BCUT2D eigenvalue weighted by atomic mass is 79.9. The Kier molecular flexibility index (Phi) is 11.0. The van der Waals surface area contributed by atoms with Crippen LogP contribution in [-0.2, 0) is 11.3 Å². The van der Waals surface area contributed by atoms with Gasteiger partial charge >= 0.3 is 0 Å². The van der Waals surface area contributed by atoms with Crippen molar-refractivity contribution in [1.29, 1.82) is 0 Å². The van der Waals surface area contributed by atoms with Crippen LogP contribution in [-0.4, -0.2) is 52.6 Å². The molecule has 23 heavy (non-hydrogen) atoms. The number of aromatic hydroxyl groups is 1. The monoisotopic (exact) mass is 391 g/mol. The van der Waals surface area contributed by atoms with Gasteiger partial charge in [0.25, 0.3) is 0 Å². The van der Waals surface area contributed by atoms with Crippen LogP contribution < -0.4 is 20.1 Å². The average Bonchev–Trinajstić information content (AvgIpc) is 2.55. The first kappa shape index (κ1) is 21.3. The fraction of sp³-hybridized carbons (Fsp3) is 0.533. The Morgan fingerprint density at radius 2 is 1.74 bits per heavy atom. The van der Waals surface area contributed by atoms with E-state index >= 15 is 0 Å². The van der Waals surface area contributed by atoms with E-state index in [1.807, 2.05) is 0 Å². The van der Waals surface area contributed by atoms with Crippen molar-refractivity contribution in [2.45, 2.75) is 13.0 Å². The summed E-state index contributed by atoms with van der Waals surface area (Å²) in [5, 5.41) is 16.3. The molecule has 0 spiro atoms. The molecule has 0 amide bonds. The summed E-state index contributed by atoms with van der Waals surface area (Å²) < 4.78 is 15.3. The van der Waals surface area contributed by atoms with Crippen molar-refractivity contribution in [1.82, 2.24) is 10.6 Å². The van der Waals surface area contributed by atoms with Crippen LogP contribution in [0.3, 0.4) is 0 Å². The van der Waals surface area contributed by atoms with E-state index in [2.05, 4.69) is 15.6 Å². The van der Waals surface area contributed by atoms with Gasteiger partial charge < -0.3 is 30.0 Å². The van der Waals surface area contributed by atoms with Gasteiger partial charge in [0.2, 0.25) is 5.75 Å². The average molecular weight is 392 g/mol. The summed E-state index contributed by atoms with van der Waals surface area (Å²) in [5.74, 6) is 1.44. The highest BCUT2D eigenvalue weighted by molar-refractivity contribution is 8.93. The summed E-state index contributed by atoms with van der Waals surface area (Å²) in [7, 11) is 6.40. The van der Waals surface area contributed by atoms with E-state index in [0.717, 1.165) is 18.5 Å². The fourth-order valence-corrected chi connectivity index (χ4v) is 1.88. The Balaban J connectivity index is 0.00000484. The fourth-order valence-electron chi connectivity index (χ4n) is 1.88. The van der Waals surface area contributed by atoms with Gasteiger partial charge in [-0.2, -0.15) is 0 Å². The second-order valence-electron chi connectivity index (χ2n) is 4.55. The van der Waals surface area contributed by atoms with Crippen molar-refractivity contribution in [2.75, 3.05) is 41.5 Å². The summed E-state index contributed by atoms with van der Waals surface area (Å²) in [4.78, 5) is 4.15. The number of hydrogen-bond donors (Lipinski definition) is 3. The minimum Gasteiger partial charge on any atom is -0.502 e. The Morgan fingerprint density at radius 3 is 2.22 bits per heavy atom. The van der Waals surface area contributed by atoms with Gasteiger partial charge in [0.1, 0.15) is 0 Å². The van der Waals surface area contributed by atoms with Crippen molar-refractivity contribution in [3.8, 4) is 17.2 Å². The van der Waals surface area contributed by atoms with E-state index in [9.17, 15) is 5.11 Å². The lowest BCUT2D eigenvalue weighted by atomic mass is 10.2. The van der Waals surface area contributed by atoms with Crippen LogP contribution >= 0.6 is 17.0 Å². The maximum absolute atomic E-state index is 9.89. The van der Waals surface area contributed by atoms with Crippen LogP contribution in [0.4, 0.5) is 0 Å². The number of benzene rings is 1. The number of hydrogen-bond acceptors (Lipinski definition) is 5. The lowest BCUT2D eigenvalue weighted by Gasteiger charge is -2.14. The highest BCUT2D eigenvalue weighted by Crippen LogP contribution is 2.36. The molecule has 0 atom stereocenters. The summed E-state index contributed by atoms with van der Waals surface area (Å²) >= 11 is 0. The molecule has 7 nitrogen and oxygen atoms in total. The first-order valence-electron chi connectivity index (χ1n) is 7.03. The number of phenolic OH excluding ortho intramolecular Hbond substituents is 1. The van der Waals surface area contributed by atoms with Gasteiger partial charge in [-0.25, -0.2) is 0 Å². The molecule has 0 saturated heterocycles. The molecule has 1 rings (SSSR count). The van der Waals surface area contributed by atoms with Gasteiger partial charge in [0.15, 0.2) is 17.5 Å². The number of nitrogens with one attached hydrogen (secondary N) is 2. The standard InChI is InChI=1S/C15H25N3O4.BrH/c1-16-15(17-6-5-7-20-2)18-10-11-8-12(21-3)14(19)13(9-11)22-4;/h8-9,19H,5-7,10H2,1-4H3,(H2,16,17,18);1H. The molecule has 0 aliphatic carbocycles. The zero-order valence-corrected chi connectivity index (χ0v) is 15.7. The predicted octanol–water partition coefficient (Wildman–Crippen LogP) is 1.69. The third kappa shape index (κ3) is 6.96. The van der Waals surface area contributed by atoms with E-state index < -0.39 is 0 Å². The topological polar surface area (TPSA) is 84.3 Å². The van der Waals surface area contributed by atoms with Crippen molar-refractivity contribution in [2.24, 2.45) is 4.99 Å². The molecule has 0 aliphatic heterocycles. The van der Waals surface area contributed by atoms with E-state index in [0.29, 0.717) is 30.6 Å². The largest absolute Gasteiger partial charge is 0.502 e. The third-order valence-electron chi connectivity index (χ3n) is 3.04. The van der Waals surface area contributed by atoms with Crippen LogP contribution in [0.2, 0.25) is 0 Å². The quantitative estimate of drug-likeness (QED) is 0.355. The van der Waals surface area contributed by atoms with Gasteiger partial charge in [0.05, 0.1) is 14.2 Å². The SMILES string of the molecule is Br.CN=C(NCCCOC)NCc1cc(OC)c(O)c(OC)c1. The van der Waals surface area contributed by atoms with E-state index in [-0.39, 0.29) is 22.7 Å². The van der Waals surface area contributed by atoms with Gasteiger partial charge in [-0.05, 0) is 24.1 Å². The highest BCUT2D eigenvalue weighted by Gasteiger charge is 2.11. The summed E-state index contributed by atoms with van der Waals surface area (Å²) in [6, 6.07) is 3.51. The van der Waals surface area contributed by atoms with Crippen LogP contribution in [0, 0.1) is 0 Å². The first-order chi connectivity index (χ1) is 10.7. The molecule has 0 radical (unpaired) electrons. The minimum absolute atomic E-state index is 0. The molecule has 8 heteroatoms. The normalized spacial score (nSPS) is 10.7. The third-order valence-corrected chi connectivity index (χ3v) is 3.04. The first-order valence-corrected chi connectivity index (χ1v) is 7.03. The Bertz CT molecular complexity index is 473. The Labute approximate surface area is 147 Å². The molecule has 3 N–H and O–H groups in total. The number of nitrogens with zero attached hydrogens (tertiary/aromatic N) is 1. The number of aliphatic imine (C=N–C) groups is 1. The van der Waals surface area contributed by atoms with E-state index in [4.69, 9.17) is 14.2 Å². The molecular formula is C15H26BrN3O4. The van der Waals surface area contributed by atoms with Crippen molar-refractivity contribution in [3.05, 3.63) is 17.7 Å². The van der Waals surface area contributed by atoms with Crippen LogP contribution in [0.1, 0.15) is 12.0 Å². The van der Waals surface area contributed by atoms with Crippen LogP contribution in [0.5, 0.6) is 17.2 Å². The molecular weight excluding hydrogens is 366 g/mol. The number of rotatable bonds is 8. The van der Waals surface area contributed by atoms with Gasteiger partial charge in [-0.3, -0.25) is 4.99 Å². The smallest absolute Gasteiger partial charge is 0.200 e. The van der Waals surface area contributed by atoms with Gasteiger partial charge in [0, 0.05) is 33.9 Å². The number of phenols is 1. The molecule has 1 aromatic carbocycles. The molecule has 1 aromatic rings. The summed E-state index contributed by atoms with van der Waals surface area (Å²) in [6.45, 7) is 2.00. The van der Waals surface area contributed by atoms with Crippen LogP contribution in [0.25, 0.3) is 0 Å². The molecule has 0 bridgehead atoms. The zero-order valence-electron chi connectivity index (χ0n) is 14.0. The lowest BCUT2D eigenvalue weighted by Crippen LogP contribution is -2.37. The summed E-state index contributed by atoms with van der Waals surface area (Å²) in [6.07, 6.45) is 0.901. The molecule has 132 valence electrons. The number of ether oxygens (including phenoxy) is 3. The molecule has 0 unspecified atom stereocenters. The molecule has 0 aliphatic rings. The maximum atomic E-state index is 9.89.